The summed E-state index contributed by atoms with van der Waals surface area (Å²) in [7, 11) is 3.53. The van der Waals surface area contributed by atoms with Crippen molar-refractivity contribution >= 4 is 11.3 Å². The number of thiazole rings is 1. The van der Waals surface area contributed by atoms with Crippen LogP contribution in [0.3, 0.4) is 0 Å². The third-order valence-corrected chi connectivity index (χ3v) is 3.76. The maximum absolute atomic E-state index is 5.42. The van der Waals surface area contributed by atoms with E-state index in [0.29, 0.717) is 17.2 Å². The lowest BCUT2D eigenvalue weighted by molar-refractivity contribution is 0.171. The van der Waals surface area contributed by atoms with Crippen molar-refractivity contribution in [2.24, 2.45) is 0 Å². The number of benzene rings is 1. The minimum Gasteiger partial charge on any atom is -0.493 e. The fraction of sp³-hybridized carbons (Fsp3) is 0.308. The van der Waals surface area contributed by atoms with Crippen molar-refractivity contribution in [3.8, 4) is 27.8 Å². The number of rotatable bonds is 4. The second-order valence-electron chi connectivity index (χ2n) is 4.09. The molecule has 0 atom stereocenters. The zero-order valence-corrected chi connectivity index (χ0v) is 11.5. The number of hydrogen-bond acceptors (Lipinski definition) is 6. The van der Waals surface area contributed by atoms with Crippen molar-refractivity contribution in [2.45, 2.75) is 6.54 Å². The second kappa shape index (κ2) is 5.07. The molecule has 3 rings (SSSR count). The van der Waals surface area contributed by atoms with E-state index in [4.69, 9.17) is 14.2 Å². The Balaban J connectivity index is 2.00. The van der Waals surface area contributed by atoms with Crippen LogP contribution in [0.15, 0.2) is 17.5 Å². The molecule has 100 valence electrons. The lowest BCUT2D eigenvalue weighted by Gasteiger charge is -2.06. The van der Waals surface area contributed by atoms with Crippen LogP contribution in [0.25, 0.3) is 10.6 Å². The molecule has 2 heterocycles. The average molecular weight is 278 g/mol. The van der Waals surface area contributed by atoms with E-state index in [9.17, 15) is 0 Å². The van der Waals surface area contributed by atoms with E-state index in [2.05, 4.69) is 10.3 Å². The first kappa shape index (κ1) is 12.3. The molecule has 0 unspecified atom stereocenters. The van der Waals surface area contributed by atoms with Gasteiger partial charge in [0.15, 0.2) is 11.5 Å². The summed E-state index contributed by atoms with van der Waals surface area (Å²) in [5, 5.41) is 6.08. The first-order chi connectivity index (χ1) is 9.31. The van der Waals surface area contributed by atoms with Crippen LogP contribution in [-0.4, -0.2) is 25.9 Å². The highest BCUT2D eigenvalue weighted by Crippen LogP contribution is 2.44. The van der Waals surface area contributed by atoms with Crippen molar-refractivity contribution in [1.29, 1.82) is 0 Å². The molecule has 1 aromatic carbocycles. The Morgan fingerprint density at radius 2 is 2.32 bits per heavy atom. The number of nitrogens with one attached hydrogen (secondary N) is 1. The average Bonchev–Trinajstić information content (AvgIpc) is 3.06. The van der Waals surface area contributed by atoms with Gasteiger partial charge in [-0.25, -0.2) is 4.98 Å². The summed E-state index contributed by atoms with van der Waals surface area (Å²) in [6, 6.07) is 3.86. The van der Waals surface area contributed by atoms with Gasteiger partial charge in [-0.05, 0) is 19.2 Å². The second-order valence-corrected chi connectivity index (χ2v) is 4.94. The van der Waals surface area contributed by atoms with E-state index in [1.165, 1.54) is 0 Å². The largest absolute Gasteiger partial charge is 0.493 e. The highest BCUT2D eigenvalue weighted by molar-refractivity contribution is 7.13. The van der Waals surface area contributed by atoms with Crippen LogP contribution in [-0.2, 0) is 6.54 Å². The molecule has 0 radical (unpaired) electrons. The van der Waals surface area contributed by atoms with Gasteiger partial charge in [0.1, 0.15) is 5.01 Å². The third kappa shape index (κ3) is 2.24. The van der Waals surface area contributed by atoms with Crippen LogP contribution in [0.4, 0.5) is 0 Å². The smallest absolute Gasteiger partial charge is 0.231 e. The number of aromatic nitrogens is 1. The maximum Gasteiger partial charge on any atom is 0.231 e. The molecule has 1 aliphatic heterocycles. The SMILES string of the molecule is CNCc1csc(-c2cc(OC)c3c(c2)OCO3)n1. The van der Waals surface area contributed by atoms with Gasteiger partial charge < -0.3 is 19.5 Å². The minimum atomic E-state index is 0.234. The zero-order valence-electron chi connectivity index (χ0n) is 10.7. The Morgan fingerprint density at radius 3 is 3.11 bits per heavy atom. The molecule has 0 saturated heterocycles. The maximum atomic E-state index is 5.42. The van der Waals surface area contributed by atoms with Gasteiger partial charge in [0.05, 0.1) is 12.8 Å². The van der Waals surface area contributed by atoms with Gasteiger partial charge in [-0.3, -0.25) is 0 Å². The molecule has 0 bridgehead atoms. The summed E-state index contributed by atoms with van der Waals surface area (Å²) in [6.45, 7) is 0.996. The number of nitrogens with zero attached hydrogens (tertiary/aromatic N) is 1. The normalized spacial score (nSPS) is 12.7. The molecular formula is C13H14N2O3S. The van der Waals surface area contributed by atoms with Crippen LogP contribution in [0.2, 0.25) is 0 Å². The van der Waals surface area contributed by atoms with Crippen LogP contribution in [0.1, 0.15) is 5.69 Å². The summed E-state index contributed by atoms with van der Waals surface area (Å²) < 4.78 is 16.1. The minimum absolute atomic E-state index is 0.234. The first-order valence-corrected chi connectivity index (χ1v) is 6.77. The van der Waals surface area contributed by atoms with Crippen molar-refractivity contribution < 1.29 is 14.2 Å². The van der Waals surface area contributed by atoms with E-state index >= 15 is 0 Å². The summed E-state index contributed by atoms with van der Waals surface area (Å²) in [5.41, 5.74) is 2.01. The molecule has 0 fully saturated rings. The summed E-state index contributed by atoms with van der Waals surface area (Å²) >= 11 is 1.60. The summed E-state index contributed by atoms with van der Waals surface area (Å²) in [5.74, 6) is 2.05. The molecule has 6 heteroatoms. The number of ether oxygens (including phenoxy) is 3. The van der Waals surface area contributed by atoms with Crippen LogP contribution in [0.5, 0.6) is 17.2 Å². The van der Waals surface area contributed by atoms with Gasteiger partial charge in [0.25, 0.3) is 0 Å². The predicted octanol–water partition coefficient (Wildman–Crippen LogP) is 2.27. The van der Waals surface area contributed by atoms with Crippen molar-refractivity contribution in [2.75, 3.05) is 21.0 Å². The molecular weight excluding hydrogens is 264 g/mol. The van der Waals surface area contributed by atoms with E-state index in [0.717, 1.165) is 22.8 Å². The highest BCUT2D eigenvalue weighted by atomic mass is 32.1. The standard InChI is InChI=1S/C13H14N2O3S/c1-14-5-9-6-19-13(15-9)8-3-10(16-2)12-11(4-8)17-7-18-12/h3-4,6,14H,5,7H2,1-2H3. The van der Waals surface area contributed by atoms with Gasteiger partial charge >= 0.3 is 0 Å². The lowest BCUT2D eigenvalue weighted by atomic mass is 10.2. The van der Waals surface area contributed by atoms with Gasteiger partial charge in [-0.1, -0.05) is 0 Å². The Kier molecular flexibility index (Phi) is 3.27. The van der Waals surface area contributed by atoms with Crippen LogP contribution in [0, 0.1) is 0 Å². The molecule has 0 spiro atoms. The van der Waals surface area contributed by atoms with E-state index < -0.39 is 0 Å². The predicted molar refractivity (Wildman–Crippen MR) is 73.0 cm³/mol. The number of methoxy groups -OCH3 is 1. The quantitative estimate of drug-likeness (QED) is 0.929. The fourth-order valence-electron chi connectivity index (χ4n) is 1.95. The fourth-order valence-corrected chi connectivity index (χ4v) is 2.76. The molecule has 1 N–H and O–H groups in total. The van der Waals surface area contributed by atoms with Crippen molar-refractivity contribution in [3.05, 3.63) is 23.2 Å². The molecule has 0 aliphatic carbocycles. The van der Waals surface area contributed by atoms with Gasteiger partial charge in [0.2, 0.25) is 12.5 Å². The van der Waals surface area contributed by atoms with Gasteiger partial charge in [-0.15, -0.1) is 11.3 Å². The van der Waals surface area contributed by atoms with Crippen LogP contribution < -0.4 is 19.5 Å². The third-order valence-electron chi connectivity index (χ3n) is 2.81. The van der Waals surface area contributed by atoms with Gasteiger partial charge in [0, 0.05) is 17.5 Å². The zero-order chi connectivity index (χ0) is 13.2. The monoisotopic (exact) mass is 278 g/mol. The molecule has 0 saturated carbocycles. The lowest BCUT2D eigenvalue weighted by Crippen LogP contribution is -2.04. The summed E-state index contributed by atoms with van der Waals surface area (Å²) in [6.07, 6.45) is 0. The molecule has 2 aromatic rings. The Labute approximate surface area is 115 Å². The Hall–Kier alpha value is -1.79. The van der Waals surface area contributed by atoms with E-state index in [-0.39, 0.29) is 6.79 Å². The number of fused-ring (bicyclic) bond motifs is 1. The van der Waals surface area contributed by atoms with E-state index in [1.807, 2.05) is 24.6 Å². The van der Waals surface area contributed by atoms with E-state index in [1.54, 1.807) is 18.4 Å². The Morgan fingerprint density at radius 1 is 1.42 bits per heavy atom. The van der Waals surface area contributed by atoms with Gasteiger partial charge in [-0.2, -0.15) is 0 Å². The highest BCUT2D eigenvalue weighted by Gasteiger charge is 2.21. The topological polar surface area (TPSA) is 52.6 Å². The number of hydrogen-bond donors (Lipinski definition) is 1. The molecule has 5 nitrogen and oxygen atoms in total. The van der Waals surface area contributed by atoms with Crippen molar-refractivity contribution in [1.82, 2.24) is 10.3 Å². The Bertz CT molecular complexity index is 598. The van der Waals surface area contributed by atoms with Crippen molar-refractivity contribution in [3.63, 3.8) is 0 Å². The molecule has 0 amide bonds. The summed E-state index contributed by atoms with van der Waals surface area (Å²) in [4.78, 5) is 4.58. The molecule has 1 aromatic heterocycles. The molecule has 1 aliphatic rings. The first-order valence-electron chi connectivity index (χ1n) is 5.89. The molecule has 19 heavy (non-hydrogen) atoms. The van der Waals surface area contributed by atoms with Crippen LogP contribution >= 0.6 is 11.3 Å².